The largest absolute Gasteiger partial charge is 0.493 e. The standard InChI is InChI=1S/C18H25N3O2S.HI/c1-4-19-18(20-11-10-15-8-6-12-24-15)21-13-14-7-5-9-16(22-2)17(14)23-3;/h5-9,12H,4,10-11,13H2,1-3H3,(H2,19,20,21);1H. The van der Waals surface area contributed by atoms with E-state index in [9.17, 15) is 0 Å². The molecule has 0 aliphatic rings. The number of halogens is 1. The molecule has 2 N–H and O–H groups in total. The normalized spacial score (nSPS) is 10.8. The van der Waals surface area contributed by atoms with Crippen LogP contribution >= 0.6 is 35.3 Å². The summed E-state index contributed by atoms with van der Waals surface area (Å²) in [5, 5.41) is 8.74. The third-order valence-corrected chi connectivity index (χ3v) is 4.42. The molecular weight excluding hydrogens is 449 g/mol. The molecule has 5 nitrogen and oxygen atoms in total. The fraction of sp³-hybridized carbons (Fsp3) is 0.389. The van der Waals surface area contributed by atoms with Crippen LogP contribution in [-0.4, -0.2) is 33.3 Å². The number of nitrogens with zero attached hydrogens (tertiary/aromatic N) is 1. The number of nitrogens with one attached hydrogen (secondary N) is 2. The van der Waals surface area contributed by atoms with E-state index >= 15 is 0 Å². The van der Waals surface area contributed by atoms with Gasteiger partial charge >= 0.3 is 0 Å². The van der Waals surface area contributed by atoms with E-state index in [2.05, 4.69) is 40.1 Å². The minimum absolute atomic E-state index is 0. The van der Waals surface area contributed by atoms with Gasteiger partial charge in [-0.05, 0) is 30.9 Å². The molecule has 0 unspecified atom stereocenters. The van der Waals surface area contributed by atoms with E-state index in [-0.39, 0.29) is 24.0 Å². The van der Waals surface area contributed by atoms with Crippen LogP contribution in [0.2, 0.25) is 0 Å². The molecule has 138 valence electrons. The minimum Gasteiger partial charge on any atom is -0.493 e. The van der Waals surface area contributed by atoms with E-state index in [0.717, 1.165) is 42.5 Å². The molecule has 2 aromatic rings. The second kappa shape index (κ2) is 12.0. The van der Waals surface area contributed by atoms with Crippen LogP contribution in [0.1, 0.15) is 17.4 Å². The lowest BCUT2D eigenvalue weighted by molar-refractivity contribution is 0.352. The lowest BCUT2D eigenvalue weighted by Gasteiger charge is -2.13. The van der Waals surface area contributed by atoms with Crippen molar-refractivity contribution in [2.24, 2.45) is 4.99 Å². The highest BCUT2D eigenvalue weighted by molar-refractivity contribution is 14.0. The van der Waals surface area contributed by atoms with Crippen LogP contribution in [0.5, 0.6) is 11.5 Å². The maximum atomic E-state index is 5.46. The highest BCUT2D eigenvalue weighted by Crippen LogP contribution is 2.30. The number of guanidine groups is 1. The molecule has 0 bridgehead atoms. The highest BCUT2D eigenvalue weighted by Gasteiger charge is 2.09. The van der Waals surface area contributed by atoms with Gasteiger partial charge in [-0.2, -0.15) is 0 Å². The fourth-order valence-electron chi connectivity index (χ4n) is 2.34. The van der Waals surface area contributed by atoms with Crippen LogP contribution in [-0.2, 0) is 13.0 Å². The molecule has 0 fully saturated rings. The van der Waals surface area contributed by atoms with E-state index in [1.165, 1.54) is 4.88 Å². The summed E-state index contributed by atoms with van der Waals surface area (Å²) in [4.78, 5) is 6.02. The molecule has 7 heteroatoms. The maximum Gasteiger partial charge on any atom is 0.191 e. The Hall–Kier alpha value is -1.48. The SMILES string of the molecule is CCNC(=NCc1cccc(OC)c1OC)NCCc1cccs1.I. The summed E-state index contributed by atoms with van der Waals surface area (Å²) in [5.74, 6) is 2.26. The van der Waals surface area contributed by atoms with Gasteiger partial charge in [-0.1, -0.05) is 18.2 Å². The quantitative estimate of drug-likeness (QED) is 0.348. The van der Waals surface area contributed by atoms with Gasteiger partial charge in [0.2, 0.25) is 0 Å². The molecule has 0 atom stereocenters. The van der Waals surface area contributed by atoms with Crippen molar-refractivity contribution in [1.82, 2.24) is 10.6 Å². The molecule has 0 saturated heterocycles. The molecule has 2 rings (SSSR count). The Bertz CT molecular complexity index is 648. The van der Waals surface area contributed by atoms with E-state index in [1.54, 1.807) is 25.6 Å². The summed E-state index contributed by atoms with van der Waals surface area (Å²) in [6, 6.07) is 10.1. The Kier molecular flexibility index (Phi) is 10.3. The van der Waals surface area contributed by atoms with Crippen LogP contribution in [0.3, 0.4) is 0 Å². The van der Waals surface area contributed by atoms with Crippen molar-refractivity contribution in [2.75, 3.05) is 27.3 Å². The molecule has 0 spiro atoms. The van der Waals surface area contributed by atoms with Crippen molar-refractivity contribution in [3.05, 3.63) is 46.2 Å². The molecule has 1 aromatic heterocycles. The van der Waals surface area contributed by atoms with Crippen LogP contribution in [0, 0.1) is 0 Å². The number of methoxy groups -OCH3 is 2. The summed E-state index contributed by atoms with van der Waals surface area (Å²) in [6.45, 7) is 4.25. The van der Waals surface area contributed by atoms with Gasteiger partial charge < -0.3 is 20.1 Å². The Morgan fingerprint density at radius 2 is 1.96 bits per heavy atom. The smallest absolute Gasteiger partial charge is 0.191 e. The van der Waals surface area contributed by atoms with Crippen molar-refractivity contribution in [3.8, 4) is 11.5 Å². The number of thiophene rings is 1. The summed E-state index contributed by atoms with van der Waals surface area (Å²) < 4.78 is 10.8. The van der Waals surface area contributed by atoms with Gasteiger partial charge in [0, 0.05) is 23.5 Å². The number of rotatable bonds is 8. The van der Waals surface area contributed by atoms with Crippen molar-refractivity contribution in [2.45, 2.75) is 19.9 Å². The summed E-state index contributed by atoms with van der Waals surface area (Å²) in [5.41, 5.74) is 0.993. The van der Waals surface area contributed by atoms with E-state index in [1.807, 2.05) is 18.2 Å². The van der Waals surface area contributed by atoms with Crippen LogP contribution in [0.25, 0.3) is 0 Å². The third kappa shape index (κ3) is 6.74. The van der Waals surface area contributed by atoms with Gasteiger partial charge in [-0.25, -0.2) is 4.99 Å². The van der Waals surface area contributed by atoms with Crippen molar-refractivity contribution >= 4 is 41.3 Å². The topological polar surface area (TPSA) is 54.9 Å². The lowest BCUT2D eigenvalue weighted by atomic mass is 10.2. The minimum atomic E-state index is 0. The Morgan fingerprint density at radius 3 is 2.60 bits per heavy atom. The molecule has 0 aliphatic heterocycles. The lowest BCUT2D eigenvalue weighted by Crippen LogP contribution is -2.38. The first-order valence-corrected chi connectivity index (χ1v) is 8.90. The van der Waals surface area contributed by atoms with Gasteiger partial charge in [0.25, 0.3) is 0 Å². The molecule has 0 radical (unpaired) electrons. The monoisotopic (exact) mass is 475 g/mol. The number of para-hydroxylation sites is 1. The first-order valence-electron chi connectivity index (χ1n) is 8.03. The Morgan fingerprint density at radius 1 is 1.12 bits per heavy atom. The van der Waals surface area contributed by atoms with Crippen molar-refractivity contribution in [1.29, 1.82) is 0 Å². The number of ether oxygens (including phenoxy) is 2. The predicted molar refractivity (Wildman–Crippen MR) is 116 cm³/mol. The summed E-state index contributed by atoms with van der Waals surface area (Å²) in [6.07, 6.45) is 0.991. The average molecular weight is 475 g/mol. The van der Waals surface area contributed by atoms with Crippen LogP contribution < -0.4 is 20.1 Å². The second-order valence-electron chi connectivity index (χ2n) is 5.10. The first kappa shape index (κ1) is 21.6. The fourth-order valence-corrected chi connectivity index (χ4v) is 3.05. The van der Waals surface area contributed by atoms with Gasteiger partial charge in [-0.15, -0.1) is 35.3 Å². The van der Waals surface area contributed by atoms with Crippen LogP contribution in [0.15, 0.2) is 40.7 Å². The molecule has 1 aromatic carbocycles. The summed E-state index contributed by atoms with van der Waals surface area (Å²) >= 11 is 1.78. The molecule has 0 aliphatic carbocycles. The molecule has 0 amide bonds. The molecular formula is C18H26IN3O2S. The van der Waals surface area contributed by atoms with Gasteiger partial charge in [0.15, 0.2) is 17.5 Å². The van der Waals surface area contributed by atoms with Crippen LogP contribution in [0.4, 0.5) is 0 Å². The van der Waals surface area contributed by atoms with E-state index < -0.39 is 0 Å². The zero-order chi connectivity index (χ0) is 17.2. The zero-order valence-electron chi connectivity index (χ0n) is 14.9. The van der Waals surface area contributed by atoms with Gasteiger partial charge in [0.1, 0.15) is 0 Å². The van der Waals surface area contributed by atoms with Gasteiger partial charge in [0.05, 0.1) is 20.8 Å². The summed E-state index contributed by atoms with van der Waals surface area (Å²) in [7, 11) is 3.29. The van der Waals surface area contributed by atoms with Crippen molar-refractivity contribution in [3.63, 3.8) is 0 Å². The predicted octanol–water partition coefficient (Wildman–Crippen LogP) is 3.68. The molecule has 25 heavy (non-hydrogen) atoms. The number of hydrogen-bond donors (Lipinski definition) is 2. The third-order valence-electron chi connectivity index (χ3n) is 3.48. The zero-order valence-corrected chi connectivity index (χ0v) is 18.0. The molecule has 1 heterocycles. The number of hydrogen-bond acceptors (Lipinski definition) is 4. The second-order valence-corrected chi connectivity index (χ2v) is 6.14. The number of benzene rings is 1. The maximum absolute atomic E-state index is 5.46. The Balaban J connectivity index is 0.00000312. The highest BCUT2D eigenvalue weighted by atomic mass is 127. The Labute approximate surface area is 170 Å². The van der Waals surface area contributed by atoms with Crippen molar-refractivity contribution < 1.29 is 9.47 Å². The van der Waals surface area contributed by atoms with E-state index in [4.69, 9.17) is 9.47 Å². The molecule has 0 saturated carbocycles. The first-order chi connectivity index (χ1) is 11.8. The average Bonchev–Trinajstić information content (AvgIpc) is 3.12. The number of aliphatic imine (C=N–C) groups is 1. The van der Waals surface area contributed by atoms with E-state index in [0.29, 0.717) is 6.54 Å². The van der Waals surface area contributed by atoms with Gasteiger partial charge in [-0.3, -0.25) is 0 Å².